The van der Waals surface area contributed by atoms with Crippen LogP contribution in [0.25, 0.3) is 16.7 Å². The van der Waals surface area contributed by atoms with Crippen LogP contribution in [0.3, 0.4) is 0 Å². The van der Waals surface area contributed by atoms with E-state index >= 15 is 0 Å². The number of nitrogens with zero attached hydrogens (tertiary/aromatic N) is 7. The second-order valence-corrected chi connectivity index (χ2v) is 7.92. The number of para-hydroxylation sites is 1. The van der Waals surface area contributed by atoms with Gasteiger partial charge in [0.15, 0.2) is 0 Å². The maximum atomic E-state index is 5.50. The monoisotopic (exact) mass is 407 g/mol. The molecule has 0 radical (unpaired) electrons. The maximum absolute atomic E-state index is 5.50. The number of benzene rings is 1. The van der Waals surface area contributed by atoms with Crippen molar-refractivity contribution in [2.75, 3.05) is 43.4 Å². The van der Waals surface area contributed by atoms with Crippen LogP contribution in [-0.2, 0) is 0 Å². The number of rotatable bonds is 6. The van der Waals surface area contributed by atoms with E-state index in [-0.39, 0.29) is 0 Å². The Balaban J connectivity index is 1.15. The zero-order chi connectivity index (χ0) is 19.5. The van der Waals surface area contributed by atoms with Gasteiger partial charge in [-0.1, -0.05) is 30.0 Å². The van der Waals surface area contributed by atoms with Crippen molar-refractivity contribution < 1.29 is 4.42 Å². The van der Waals surface area contributed by atoms with Crippen LogP contribution in [0.5, 0.6) is 0 Å². The molecule has 0 atom stereocenters. The van der Waals surface area contributed by atoms with E-state index in [1.807, 2.05) is 48.7 Å². The molecule has 0 unspecified atom stereocenters. The van der Waals surface area contributed by atoms with E-state index in [0.717, 1.165) is 66.1 Å². The van der Waals surface area contributed by atoms with Crippen LogP contribution in [0.15, 0.2) is 64.5 Å². The van der Waals surface area contributed by atoms with E-state index in [9.17, 15) is 0 Å². The highest BCUT2D eigenvalue weighted by Crippen LogP contribution is 2.26. The smallest absolute Gasteiger partial charge is 0.214 e. The first-order chi connectivity index (χ1) is 14.4. The highest BCUT2D eigenvalue weighted by atomic mass is 32.2. The Bertz CT molecular complexity index is 1070. The lowest BCUT2D eigenvalue weighted by Gasteiger charge is -2.35. The first-order valence-corrected chi connectivity index (χ1v) is 10.6. The van der Waals surface area contributed by atoms with Crippen molar-refractivity contribution >= 4 is 28.5 Å². The van der Waals surface area contributed by atoms with E-state index in [2.05, 4.69) is 30.3 Å². The molecule has 1 aromatic carbocycles. The standard InChI is InChI=1S/C20H21N7OS/c1-2-4-16(5-3-1)27-20(22-23-24-27)29-15-13-25-9-11-26(12-10-25)19-17-7-14-28-18(17)6-8-21-19/h1-8,14H,9-13,15H2. The molecule has 1 aliphatic rings. The second kappa shape index (κ2) is 8.22. The van der Waals surface area contributed by atoms with Crippen LogP contribution in [0.2, 0.25) is 0 Å². The third-order valence-electron chi connectivity index (χ3n) is 5.11. The number of fused-ring (bicyclic) bond motifs is 1. The van der Waals surface area contributed by atoms with Crippen molar-refractivity contribution in [1.82, 2.24) is 30.1 Å². The normalized spacial score (nSPS) is 15.2. The number of tetrazole rings is 1. The summed E-state index contributed by atoms with van der Waals surface area (Å²) in [6.45, 7) is 4.96. The molecule has 9 heteroatoms. The van der Waals surface area contributed by atoms with Crippen LogP contribution < -0.4 is 4.90 Å². The van der Waals surface area contributed by atoms with Gasteiger partial charge in [-0.15, -0.1) is 5.10 Å². The summed E-state index contributed by atoms with van der Waals surface area (Å²) in [5.41, 5.74) is 1.87. The van der Waals surface area contributed by atoms with Crippen molar-refractivity contribution in [3.8, 4) is 5.69 Å². The van der Waals surface area contributed by atoms with Gasteiger partial charge in [0.05, 0.1) is 17.3 Å². The molecule has 1 fully saturated rings. The van der Waals surface area contributed by atoms with E-state index in [1.165, 1.54) is 0 Å². The average molecular weight is 408 g/mol. The van der Waals surface area contributed by atoms with E-state index in [0.29, 0.717) is 0 Å². The molecule has 0 spiro atoms. The van der Waals surface area contributed by atoms with Gasteiger partial charge in [-0.25, -0.2) is 4.98 Å². The fourth-order valence-electron chi connectivity index (χ4n) is 3.58. The lowest BCUT2D eigenvalue weighted by molar-refractivity contribution is 0.273. The second-order valence-electron chi connectivity index (χ2n) is 6.85. The molecule has 29 heavy (non-hydrogen) atoms. The molecule has 0 amide bonds. The number of piperazine rings is 1. The molecule has 0 bridgehead atoms. The molecule has 148 valence electrons. The molecule has 4 heterocycles. The zero-order valence-corrected chi connectivity index (χ0v) is 16.7. The minimum absolute atomic E-state index is 0.825. The summed E-state index contributed by atoms with van der Waals surface area (Å²) in [6.07, 6.45) is 3.55. The number of thioether (sulfide) groups is 1. The average Bonchev–Trinajstić information content (AvgIpc) is 3.44. The zero-order valence-electron chi connectivity index (χ0n) is 15.9. The van der Waals surface area contributed by atoms with Gasteiger partial charge < -0.3 is 9.32 Å². The fraction of sp³-hybridized carbons (Fsp3) is 0.300. The summed E-state index contributed by atoms with van der Waals surface area (Å²) < 4.78 is 7.29. The Labute approximate surface area is 172 Å². The number of pyridine rings is 1. The van der Waals surface area contributed by atoms with E-state index in [4.69, 9.17) is 4.42 Å². The summed E-state index contributed by atoms with van der Waals surface area (Å²) in [7, 11) is 0. The molecule has 1 aliphatic heterocycles. The van der Waals surface area contributed by atoms with Crippen LogP contribution in [0, 0.1) is 0 Å². The summed E-state index contributed by atoms with van der Waals surface area (Å²) in [5, 5.41) is 14.0. The topological polar surface area (TPSA) is 76.1 Å². The molecule has 5 rings (SSSR count). The number of anilines is 1. The predicted octanol–water partition coefficient (Wildman–Crippen LogP) is 2.72. The van der Waals surface area contributed by atoms with Crippen LogP contribution in [-0.4, -0.2) is 68.6 Å². The van der Waals surface area contributed by atoms with Crippen molar-refractivity contribution in [3.63, 3.8) is 0 Å². The first-order valence-electron chi connectivity index (χ1n) is 9.64. The lowest BCUT2D eigenvalue weighted by atomic mass is 10.2. The Hall–Kier alpha value is -2.91. The Morgan fingerprint density at radius 3 is 2.72 bits per heavy atom. The van der Waals surface area contributed by atoms with Crippen molar-refractivity contribution in [2.24, 2.45) is 0 Å². The van der Waals surface area contributed by atoms with Crippen molar-refractivity contribution in [2.45, 2.75) is 5.16 Å². The molecule has 4 aromatic rings. The first kappa shape index (κ1) is 18.1. The van der Waals surface area contributed by atoms with Crippen LogP contribution in [0.1, 0.15) is 0 Å². The van der Waals surface area contributed by atoms with E-state index in [1.54, 1.807) is 22.7 Å². The highest BCUT2D eigenvalue weighted by Gasteiger charge is 2.20. The van der Waals surface area contributed by atoms with Gasteiger partial charge in [0.1, 0.15) is 11.4 Å². The summed E-state index contributed by atoms with van der Waals surface area (Å²) in [5.74, 6) is 1.97. The van der Waals surface area contributed by atoms with Crippen molar-refractivity contribution in [3.05, 3.63) is 54.9 Å². The summed E-state index contributed by atoms with van der Waals surface area (Å²) >= 11 is 1.69. The quantitative estimate of drug-likeness (QED) is 0.452. The van der Waals surface area contributed by atoms with Crippen LogP contribution >= 0.6 is 11.8 Å². The number of hydrogen-bond donors (Lipinski definition) is 0. The molecule has 0 aliphatic carbocycles. The third-order valence-corrected chi connectivity index (χ3v) is 6.01. The summed E-state index contributed by atoms with van der Waals surface area (Å²) in [6, 6.07) is 13.9. The molecule has 8 nitrogen and oxygen atoms in total. The molecule has 0 saturated carbocycles. The Morgan fingerprint density at radius 1 is 1.00 bits per heavy atom. The Kier molecular flexibility index (Phi) is 5.14. The minimum Gasteiger partial charge on any atom is -0.464 e. The molecule has 1 saturated heterocycles. The minimum atomic E-state index is 0.825. The SMILES string of the molecule is c1ccc(-n2nnnc2SCCN2CCN(c3nccc4occc34)CC2)cc1. The van der Waals surface area contributed by atoms with Gasteiger partial charge in [-0.3, -0.25) is 4.90 Å². The van der Waals surface area contributed by atoms with Gasteiger partial charge in [-0.2, -0.15) is 4.68 Å². The summed E-state index contributed by atoms with van der Waals surface area (Å²) in [4.78, 5) is 9.41. The fourth-order valence-corrected chi connectivity index (χ4v) is 4.47. The van der Waals surface area contributed by atoms with Crippen LogP contribution in [0.4, 0.5) is 5.82 Å². The number of furan rings is 1. The highest BCUT2D eigenvalue weighted by molar-refractivity contribution is 7.99. The molecule has 3 aromatic heterocycles. The maximum Gasteiger partial charge on any atom is 0.214 e. The lowest BCUT2D eigenvalue weighted by Crippen LogP contribution is -2.47. The number of aromatic nitrogens is 5. The molecular formula is C20H21N7OS. The molecule has 0 N–H and O–H groups in total. The Morgan fingerprint density at radius 2 is 1.86 bits per heavy atom. The van der Waals surface area contributed by atoms with E-state index < -0.39 is 0 Å². The predicted molar refractivity (Wildman–Crippen MR) is 113 cm³/mol. The molecular weight excluding hydrogens is 386 g/mol. The van der Waals surface area contributed by atoms with Gasteiger partial charge in [0.25, 0.3) is 0 Å². The third kappa shape index (κ3) is 3.83. The number of hydrogen-bond acceptors (Lipinski definition) is 8. The largest absolute Gasteiger partial charge is 0.464 e. The van der Waals surface area contributed by atoms with Gasteiger partial charge in [0.2, 0.25) is 5.16 Å². The van der Waals surface area contributed by atoms with Gasteiger partial charge in [-0.05, 0) is 34.7 Å². The van der Waals surface area contributed by atoms with Gasteiger partial charge >= 0.3 is 0 Å². The van der Waals surface area contributed by atoms with Gasteiger partial charge in [0, 0.05) is 44.7 Å². The van der Waals surface area contributed by atoms with Crippen molar-refractivity contribution in [1.29, 1.82) is 0 Å².